The summed E-state index contributed by atoms with van der Waals surface area (Å²) < 4.78 is 5.16. The Morgan fingerprint density at radius 2 is 1.94 bits per heavy atom. The van der Waals surface area contributed by atoms with E-state index >= 15 is 0 Å². The number of nitrogens with zero attached hydrogens (tertiary/aromatic N) is 5. The number of aryl methyl sites for hydroxylation is 1. The summed E-state index contributed by atoms with van der Waals surface area (Å²) in [7, 11) is 0. The lowest BCUT2D eigenvalue weighted by Gasteiger charge is -2.36. The van der Waals surface area contributed by atoms with Gasteiger partial charge in [0.15, 0.2) is 0 Å². The number of hydrogen-bond donors (Lipinski definition) is 0. The molecule has 1 saturated carbocycles. The predicted octanol–water partition coefficient (Wildman–Crippen LogP) is 4.74. The largest absolute Gasteiger partial charge is 0.450 e. The maximum atomic E-state index is 13.4. The van der Waals surface area contributed by atoms with Crippen LogP contribution in [0.3, 0.4) is 0 Å². The van der Waals surface area contributed by atoms with Gasteiger partial charge in [0.1, 0.15) is 11.5 Å². The molecular formula is C25H28ClN5O3S. The topological polar surface area (TPSA) is 78.9 Å². The predicted molar refractivity (Wildman–Crippen MR) is 137 cm³/mol. The van der Waals surface area contributed by atoms with Gasteiger partial charge < -0.3 is 19.4 Å². The second-order valence-electron chi connectivity index (χ2n) is 8.90. The fourth-order valence-corrected chi connectivity index (χ4v) is 5.18. The van der Waals surface area contributed by atoms with Crippen LogP contribution in [-0.2, 0) is 11.3 Å². The molecule has 0 N–H and O–H groups in total. The zero-order chi connectivity index (χ0) is 24.5. The average molecular weight is 514 g/mol. The number of carbonyl (C=O) groups is 2. The summed E-state index contributed by atoms with van der Waals surface area (Å²) in [6.45, 7) is 6.91. The SMILES string of the molecule is CCOC(=O)N1CCN(c2nc3cc(Cl)ccc3cc2CN(C(=O)c2csc(C)n2)C2CC2)CC1. The number of halogens is 1. The molecule has 0 atom stereocenters. The third kappa shape index (κ3) is 5.21. The second kappa shape index (κ2) is 9.99. The number of pyridine rings is 1. The van der Waals surface area contributed by atoms with Crippen LogP contribution in [0.5, 0.6) is 0 Å². The molecule has 1 saturated heterocycles. The van der Waals surface area contributed by atoms with E-state index in [0.29, 0.717) is 50.0 Å². The lowest BCUT2D eigenvalue weighted by atomic mass is 10.1. The number of amides is 2. The number of rotatable bonds is 6. The number of piperazine rings is 1. The van der Waals surface area contributed by atoms with Gasteiger partial charge in [0.2, 0.25) is 0 Å². The second-order valence-corrected chi connectivity index (χ2v) is 10.4. The van der Waals surface area contributed by atoms with Crippen molar-refractivity contribution in [1.29, 1.82) is 0 Å². The summed E-state index contributed by atoms with van der Waals surface area (Å²) in [5, 5.41) is 4.33. The van der Waals surface area contributed by atoms with Crippen molar-refractivity contribution >= 4 is 51.7 Å². The van der Waals surface area contributed by atoms with E-state index in [1.165, 1.54) is 11.3 Å². The summed E-state index contributed by atoms with van der Waals surface area (Å²) in [5.41, 5.74) is 2.30. The minimum absolute atomic E-state index is 0.0360. The molecule has 2 fully saturated rings. The Morgan fingerprint density at radius 1 is 1.17 bits per heavy atom. The number of anilines is 1. The van der Waals surface area contributed by atoms with Crippen LogP contribution in [0.2, 0.25) is 5.02 Å². The molecule has 5 rings (SSSR count). The Morgan fingerprint density at radius 3 is 2.60 bits per heavy atom. The monoisotopic (exact) mass is 513 g/mol. The molecule has 3 heterocycles. The van der Waals surface area contributed by atoms with Crippen molar-refractivity contribution in [2.45, 2.75) is 39.3 Å². The van der Waals surface area contributed by atoms with Crippen LogP contribution in [0.4, 0.5) is 10.6 Å². The van der Waals surface area contributed by atoms with Gasteiger partial charge in [0, 0.05) is 60.1 Å². The normalized spacial score (nSPS) is 16.0. The molecule has 1 aromatic carbocycles. The number of aromatic nitrogens is 2. The highest BCUT2D eigenvalue weighted by molar-refractivity contribution is 7.09. The van der Waals surface area contributed by atoms with Crippen molar-refractivity contribution < 1.29 is 14.3 Å². The molecular weight excluding hydrogens is 486 g/mol. The summed E-state index contributed by atoms with van der Waals surface area (Å²) in [5.74, 6) is 0.794. The number of fused-ring (bicyclic) bond motifs is 1. The summed E-state index contributed by atoms with van der Waals surface area (Å²) >= 11 is 7.74. The lowest BCUT2D eigenvalue weighted by molar-refractivity contribution is 0.0724. The van der Waals surface area contributed by atoms with Crippen molar-refractivity contribution in [3.63, 3.8) is 0 Å². The summed E-state index contributed by atoms with van der Waals surface area (Å²) in [6.07, 6.45) is 1.72. The Hall–Kier alpha value is -2.91. The van der Waals surface area contributed by atoms with Crippen LogP contribution in [0, 0.1) is 6.92 Å². The zero-order valence-electron chi connectivity index (χ0n) is 19.9. The molecule has 0 radical (unpaired) electrons. The van der Waals surface area contributed by atoms with Crippen molar-refractivity contribution in [2.75, 3.05) is 37.7 Å². The Balaban J connectivity index is 1.46. The van der Waals surface area contributed by atoms with Gasteiger partial charge in [-0.1, -0.05) is 17.7 Å². The van der Waals surface area contributed by atoms with Crippen LogP contribution in [-0.4, -0.2) is 70.6 Å². The molecule has 184 valence electrons. The van der Waals surface area contributed by atoms with E-state index < -0.39 is 0 Å². The molecule has 2 aromatic heterocycles. The van der Waals surface area contributed by atoms with Crippen LogP contribution in [0.25, 0.3) is 10.9 Å². The van der Waals surface area contributed by atoms with E-state index in [9.17, 15) is 9.59 Å². The van der Waals surface area contributed by atoms with Gasteiger partial charge in [-0.25, -0.2) is 14.8 Å². The molecule has 0 unspecified atom stereocenters. The summed E-state index contributed by atoms with van der Waals surface area (Å²) in [4.78, 5) is 40.8. The highest BCUT2D eigenvalue weighted by atomic mass is 35.5. The molecule has 2 amide bonds. The van der Waals surface area contributed by atoms with E-state index in [-0.39, 0.29) is 18.0 Å². The van der Waals surface area contributed by atoms with Crippen molar-refractivity contribution in [3.05, 3.63) is 50.9 Å². The number of benzene rings is 1. The number of hydrogen-bond acceptors (Lipinski definition) is 7. The first-order valence-corrected chi connectivity index (χ1v) is 13.2. The number of ether oxygens (including phenoxy) is 1. The summed E-state index contributed by atoms with van der Waals surface area (Å²) in [6, 6.07) is 8.01. The molecule has 1 aliphatic carbocycles. The van der Waals surface area contributed by atoms with Gasteiger partial charge in [0.05, 0.1) is 17.1 Å². The van der Waals surface area contributed by atoms with Crippen LogP contribution in [0.1, 0.15) is 40.8 Å². The first-order valence-electron chi connectivity index (χ1n) is 11.9. The van der Waals surface area contributed by atoms with Crippen LogP contribution >= 0.6 is 22.9 Å². The zero-order valence-corrected chi connectivity index (χ0v) is 21.4. The van der Waals surface area contributed by atoms with Crippen molar-refractivity contribution in [1.82, 2.24) is 19.8 Å². The molecule has 2 aliphatic rings. The molecule has 3 aromatic rings. The first-order chi connectivity index (χ1) is 16.9. The highest BCUT2D eigenvalue weighted by Crippen LogP contribution is 2.33. The van der Waals surface area contributed by atoms with E-state index in [2.05, 4.69) is 16.0 Å². The Labute approximate surface area is 213 Å². The first kappa shape index (κ1) is 23.8. The molecule has 35 heavy (non-hydrogen) atoms. The third-order valence-corrected chi connectivity index (χ3v) is 7.38. The van der Waals surface area contributed by atoms with Crippen LogP contribution < -0.4 is 4.90 Å². The molecule has 10 heteroatoms. The van der Waals surface area contributed by atoms with Crippen LogP contribution in [0.15, 0.2) is 29.6 Å². The Bertz CT molecular complexity index is 1250. The number of carbonyl (C=O) groups excluding carboxylic acids is 2. The smallest absolute Gasteiger partial charge is 0.409 e. The van der Waals surface area contributed by atoms with E-state index in [0.717, 1.165) is 40.1 Å². The van der Waals surface area contributed by atoms with Crippen molar-refractivity contribution in [3.8, 4) is 0 Å². The van der Waals surface area contributed by atoms with Gasteiger partial charge in [0.25, 0.3) is 5.91 Å². The molecule has 1 aliphatic heterocycles. The fourth-order valence-electron chi connectivity index (χ4n) is 4.42. The molecule has 0 bridgehead atoms. The Kier molecular flexibility index (Phi) is 6.80. The third-order valence-electron chi connectivity index (χ3n) is 6.37. The highest BCUT2D eigenvalue weighted by Gasteiger charge is 2.35. The minimum Gasteiger partial charge on any atom is -0.450 e. The minimum atomic E-state index is -0.283. The van der Waals surface area contributed by atoms with Gasteiger partial charge in [-0.2, -0.15) is 0 Å². The maximum absolute atomic E-state index is 13.4. The fraction of sp³-hybridized carbons (Fsp3) is 0.440. The lowest BCUT2D eigenvalue weighted by Crippen LogP contribution is -2.49. The molecule has 0 spiro atoms. The van der Waals surface area contributed by atoms with E-state index in [1.807, 2.05) is 42.3 Å². The van der Waals surface area contributed by atoms with Gasteiger partial charge in [-0.3, -0.25) is 4.79 Å². The van der Waals surface area contributed by atoms with Crippen molar-refractivity contribution in [2.24, 2.45) is 0 Å². The quantitative estimate of drug-likeness (QED) is 0.474. The number of thiazole rings is 1. The van der Waals surface area contributed by atoms with E-state index in [4.69, 9.17) is 21.3 Å². The maximum Gasteiger partial charge on any atom is 0.409 e. The standard InChI is InChI=1S/C25H28ClN5O3S/c1-3-34-25(33)30-10-8-29(9-11-30)23-18(12-17-4-5-19(26)13-21(17)28-23)14-31(20-6-7-20)24(32)22-15-35-16(2)27-22/h4-5,12-13,15,20H,3,6-11,14H2,1-2H3. The van der Waals surface area contributed by atoms with Gasteiger partial charge in [-0.15, -0.1) is 11.3 Å². The van der Waals surface area contributed by atoms with Gasteiger partial charge in [-0.05, 0) is 44.9 Å². The van der Waals surface area contributed by atoms with Gasteiger partial charge >= 0.3 is 6.09 Å². The average Bonchev–Trinajstić information content (AvgIpc) is 3.61. The van der Waals surface area contributed by atoms with E-state index in [1.54, 1.807) is 4.90 Å². The molecule has 8 nitrogen and oxygen atoms in total.